The SMILES string of the molecule is BC/C(O)=C(\C(B)=C(\B)C(B)=C)c1nc(C2C(B)=C(B)C(B)=C(B)C2B)nc(-n2c3ccccc3c3ccc4c(c5ccccc5n4C4=C(c5ccccc5)C=CCC4)c32)n1. The second kappa shape index (κ2) is 15.8. The van der Waals surface area contributed by atoms with E-state index in [1.807, 2.05) is 23.5 Å². The average molecular weight is 782 g/mol. The number of aliphatic hydroxyl groups is 1. The molecule has 61 heavy (non-hydrogen) atoms. The standard InChI is InChI=1S/C46H46B9N5O/c1-22(48)36(49)37(50)34(32(61)21-47)44-56-45(35-38(51)40(53)42(55)41(54)39(35)52)58-46(57-44)60-29-17-9-6-14-25(29)26-19-20-31-33(43(26)60)27-15-7-10-18-30(27)59(31)28-16-8-5-13-24(28)23-11-3-2-4-12-23/h2-7,9-15,17-20,35,38,61H,1,8,16,21,47-55H2/b34-32-,37-36-. The van der Waals surface area contributed by atoms with Gasteiger partial charge in [0.15, 0.2) is 5.82 Å². The number of para-hydroxylation sites is 2. The van der Waals surface area contributed by atoms with Gasteiger partial charge in [-0.3, -0.25) is 4.57 Å². The van der Waals surface area contributed by atoms with Gasteiger partial charge < -0.3 is 9.67 Å². The van der Waals surface area contributed by atoms with E-state index in [0.717, 1.165) is 67.5 Å². The second-order valence-corrected chi connectivity index (χ2v) is 17.1. The molecule has 0 saturated carbocycles. The highest BCUT2D eigenvalue weighted by Crippen LogP contribution is 2.46. The third-order valence-electron chi connectivity index (χ3n) is 13.9. The van der Waals surface area contributed by atoms with Crippen molar-refractivity contribution < 1.29 is 5.11 Å². The van der Waals surface area contributed by atoms with Crippen LogP contribution in [-0.2, 0) is 0 Å². The zero-order valence-electron chi connectivity index (χ0n) is 37.0. The fourth-order valence-electron chi connectivity index (χ4n) is 9.91. The topological polar surface area (TPSA) is 68.8 Å². The molecule has 0 radical (unpaired) electrons. The van der Waals surface area contributed by atoms with Crippen molar-refractivity contribution in [2.45, 2.75) is 30.9 Å². The van der Waals surface area contributed by atoms with Crippen LogP contribution in [0, 0.1) is 0 Å². The molecule has 1 N–H and O–H groups in total. The molecule has 4 aromatic carbocycles. The minimum atomic E-state index is -0.0848. The van der Waals surface area contributed by atoms with Gasteiger partial charge in [0.25, 0.3) is 0 Å². The van der Waals surface area contributed by atoms with Crippen LogP contribution in [0.15, 0.2) is 154 Å². The largest absolute Gasteiger partial charge is 0.512 e. The molecular formula is C46H46B9N5O. The highest BCUT2D eigenvalue weighted by atomic mass is 16.3. The van der Waals surface area contributed by atoms with Gasteiger partial charge in [-0.1, -0.05) is 90.4 Å². The summed E-state index contributed by atoms with van der Waals surface area (Å²) >= 11 is 0. The summed E-state index contributed by atoms with van der Waals surface area (Å²) in [5.74, 6) is 2.01. The Bertz CT molecular complexity index is 3210. The minimum Gasteiger partial charge on any atom is -0.512 e. The third-order valence-corrected chi connectivity index (χ3v) is 13.9. The van der Waals surface area contributed by atoms with Gasteiger partial charge in [0.05, 0.1) is 27.8 Å². The first-order chi connectivity index (χ1) is 29.4. The van der Waals surface area contributed by atoms with Gasteiger partial charge in [0.2, 0.25) is 5.95 Å². The van der Waals surface area contributed by atoms with Crippen molar-refractivity contribution in [1.29, 1.82) is 0 Å². The Labute approximate surface area is 366 Å². The Morgan fingerprint density at radius 3 is 2.08 bits per heavy atom. The van der Waals surface area contributed by atoms with Crippen LogP contribution >= 0.6 is 0 Å². The van der Waals surface area contributed by atoms with E-state index < -0.39 is 0 Å². The van der Waals surface area contributed by atoms with E-state index in [1.165, 1.54) is 44.1 Å². The Morgan fingerprint density at radius 1 is 0.721 bits per heavy atom. The minimum absolute atomic E-state index is 0.0848. The molecule has 3 aromatic heterocycles. The quantitative estimate of drug-likeness (QED) is 0.146. The number of aromatic nitrogens is 5. The number of nitrogens with zero attached hydrogens (tertiary/aromatic N) is 5. The van der Waals surface area contributed by atoms with E-state index in [-0.39, 0.29) is 17.5 Å². The van der Waals surface area contributed by atoms with Gasteiger partial charge in [0, 0.05) is 44.3 Å². The third kappa shape index (κ3) is 6.51. The number of allylic oxidation sites excluding steroid dienone is 13. The molecule has 0 spiro atoms. The van der Waals surface area contributed by atoms with Crippen molar-refractivity contribution in [3.05, 3.63) is 171 Å². The fraction of sp³-hybridized carbons (Fsp3) is 0.109. The van der Waals surface area contributed by atoms with Crippen LogP contribution in [-0.4, -0.2) is 99.8 Å². The maximum Gasteiger partial charge on any atom is 0.238 e. The lowest BCUT2D eigenvalue weighted by Crippen LogP contribution is -2.25. The molecule has 0 aliphatic heterocycles. The molecule has 6 nitrogen and oxygen atoms in total. The number of benzene rings is 4. The van der Waals surface area contributed by atoms with Gasteiger partial charge in [0.1, 0.15) is 76.4 Å². The Morgan fingerprint density at radius 2 is 1.38 bits per heavy atom. The zero-order chi connectivity index (χ0) is 42.9. The Kier molecular flexibility index (Phi) is 10.5. The molecule has 3 heterocycles. The summed E-state index contributed by atoms with van der Waals surface area (Å²) in [7, 11) is 19.3. The second-order valence-electron chi connectivity index (χ2n) is 17.1. The molecule has 2 aliphatic rings. The molecular weight excluding hydrogens is 736 g/mol. The number of rotatable bonds is 8. The first-order valence-corrected chi connectivity index (χ1v) is 21.7. The molecule has 0 bridgehead atoms. The van der Waals surface area contributed by atoms with Crippen LogP contribution in [0.5, 0.6) is 0 Å². The highest BCUT2D eigenvalue weighted by molar-refractivity contribution is 6.47. The summed E-state index contributed by atoms with van der Waals surface area (Å²) in [5, 5.41) is 16.4. The van der Waals surface area contributed by atoms with E-state index in [9.17, 15) is 5.11 Å². The summed E-state index contributed by atoms with van der Waals surface area (Å²) in [6, 6.07) is 32.7. The highest BCUT2D eigenvalue weighted by Gasteiger charge is 2.33. The van der Waals surface area contributed by atoms with Crippen LogP contribution < -0.4 is 0 Å². The molecule has 0 amide bonds. The summed E-state index contributed by atoms with van der Waals surface area (Å²) in [4.78, 5) is 16.4. The Balaban J connectivity index is 1.44. The Hall–Kier alpha value is -5.95. The van der Waals surface area contributed by atoms with Crippen molar-refractivity contribution in [2.24, 2.45) is 0 Å². The van der Waals surface area contributed by atoms with Crippen LogP contribution in [0.25, 0.3) is 66.4 Å². The maximum atomic E-state index is 11.8. The first kappa shape index (κ1) is 40.5. The summed E-state index contributed by atoms with van der Waals surface area (Å²) < 4.78 is 4.76. The average Bonchev–Trinajstić information content (AvgIpc) is 3.80. The number of fused-ring (bicyclic) bond motifs is 7. The molecule has 2 unspecified atom stereocenters. The lowest BCUT2D eigenvalue weighted by Gasteiger charge is -2.34. The normalized spacial score (nSPS) is 18.1. The molecule has 9 rings (SSSR count). The first-order valence-electron chi connectivity index (χ1n) is 21.7. The predicted octanol–water partition coefficient (Wildman–Crippen LogP) is 2.21. The van der Waals surface area contributed by atoms with Crippen LogP contribution in [0.2, 0.25) is 12.1 Å². The monoisotopic (exact) mass is 783 g/mol. The van der Waals surface area contributed by atoms with E-state index in [2.05, 4.69) is 166 Å². The fourth-order valence-corrected chi connectivity index (χ4v) is 9.91. The van der Waals surface area contributed by atoms with Gasteiger partial charge in [-0.2, -0.15) is 9.97 Å². The zero-order valence-corrected chi connectivity index (χ0v) is 37.0. The predicted molar refractivity (Wildman–Crippen MR) is 283 cm³/mol. The van der Waals surface area contributed by atoms with E-state index in [1.54, 1.807) is 0 Å². The number of hydrogen-bond acceptors (Lipinski definition) is 4. The molecule has 15 heteroatoms. The lowest BCUT2D eigenvalue weighted by atomic mass is 9.49. The molecule has 0 fully saturated rings. The van der Waals surface area contributed by atoms with Crippen molar-refractivity contribution in [2.75, 3.05) is 0 Å². The van der Waals surface area contributed by atoms with Crippen molar-refractivity contribution in [3.63, 3.8) is 0 Å². The number of aliphatic hydroxyl groups excluding tert-OH is 1. The van der Waals surface area contributed by atoms with Gasteiger partial charge in [-0.15, -0.1) is 39.4 Å². The molecule has 7 aromatic rings. The van der Waals surface area contributed by atoms with Gasteiger partial charge in [-0.05, 0) is 48.7 Å². The van der Waals surface area contributed by atoms with Crippen molar-refractivity contribution in [1.82, 2.24) is 24.1 Å². The summed E-state index contributed by atoms with van der Waals surface area (Å²) in [5.41, 5.74) is 16.8. The smallest absolute Gasteiger partial charge is 0.238 e. The van der Waals surface area contributed by atoms with Gasteiger partial charge in [-0.25, -0.2) is 4.98 Å². The van der Waals surface area contributed by atoms with Gasteiger partial charge >= 0.3 is 0 Å². The summed E-state index contributed by atoms with van der Waals surface area (Å²) in [6.07, 6.45) is 6.91. The van der Waals surface area contributed by atoms with Crippen molar-refractivity contribution in [3.8, 4) is 5.95 Å². The van der Waals surface area contributed by atoms with Crippen LogP contribution in [0.4, 0.5) is 0 Å². The molecule has 288 valence electrons. The molecule has 2 atom stereocenters. The lowest BCUT2D eigenvalue weighted by molar-refractivity contribution is 0.417. The van der Waals surface area contributed by atoms with Crippen LogP contribution in [0.1, 0.15) is 36.0 Å². The summed E-state index contributed by atoms with van der Waals surface area (Å²) in [6.45, 7) is 4.27. The van der Waals surface area contributed by atoms with E-state index >= 15 is 0 Å². The molecule has 2 aliphatic carbocycles. The maximum absolute atomic E-state index is 11.8. The number of hydrogen-bond donors (Lipinski definition) is 1. The van der Waals surface area contributed by atoms with Crippen molar-refractivity contribution >= 4 is 131 Å². The van der Waals surface area contributed by atoms with Crippen LogP contribution in [0.3, 0.4) is 0 Å². The van der Waals surface area contributed by atoms with E-state index in [0.29, 0.717) is 29.5 Å². The van der Waals surface area contributed by atoms with E-state index in [4.69, 9.17) is 15.0 Å². The molecule has 0 saturated heterocycles.